The molecule has 1 aromatic rings. The van der Waals surface area contributed by atoms with Crippen molar-refractivity contribution in [1.82, 2.24) is 0 Å². The van der Waals surface area contributed by atoms with Crippen LogP contribution in [0.15, 0.2) is 24.3 Å². The van der Waals surface area contributed by atoms with Crippen LogP contribution >= 0.6 is 0 Å². The Labute approximate surface area is 110 Å². The molecule has 18 heavy (non-hydrogen) atoms. The van der Waals surface area contributed by atoms with Crippen LogP contribution in [0.1, 0.15) is 39.3 Å². The maximum absolute atomic E-state index is 6.10. The minimum Gasteiger partial charge on any atom is -0.494 e. The molecule has 2 unspecified atom stereocenters. The summed E-state index contributed by atoms with van der Waals surface area (Å²) in [4.78, 5) is 0. The van der Waals surface area contributed by atoms with Crippen LogP contribution in [0.2, 0.25) is 0 Å². The molecular formula is C15H25NO2. The third-order valence-electron chi connectivity index (χ3n) is 3.10. The van der Waals surface area contributed by atoms with Crippen molar-refractivity contribution in [3.8, 4) is 5.75 Å². The van der Waals surface area contributed by atoms with Gasteiger partial charge >= 0.3 is 0 Å². The molecule has 2 atom stereocenters. The van der Waals surface area contributed by atoms with Crippen LogP contribution in [0.3, 0.4) is 0 Å². The summed E-state index contributed by atoms with van der Waals surface area (Å²) >= 11 is 0. The molecule has 0 amide bonds. The highest BCUT2D eigenvalue weighted by molar-refractivity contribution is 5.29. The monoisotopic (exact) mass is 251 g/mol. The molecule has 0 aliphatic carbocycles. The standard InChI is InChI=1S/C15H25NO2/c1-5-17-14-8-6-13(7-9-14)15(16)10-18-12(4)11(2)3/h6-9,11-12,15H,5,10,16H2,1-4H3. The van der Waals surface area contributed by atoms with Gasteiger partial charge in [-0.15, -0.1) is 0 Å². The zero-order chi connectivity index (χ0) is 13.5. The number of hydrogen-bond donors (Lipinski definition) is 1. The molecule has 0 radical (unpaired) electrons. The number of nitrogens with two attached hydrogens (primary N) is 1. The predicted octanol–water partition coefficient (Wildman–Crippen LogP) is 3.15. The summed E-state index contributed by atoms with van der Waals surface area (Å²) in [6, 6.07) is 7.81. The van der Waals surface area contributed by atoms with Crippen LogP contribution in [0.4, 0.5) is 0 Å². The Morgan fingerprint density at radius 1 is 1.11 bits per heavy atom. The number of benzene rings is 1. The second-order valence-corrected chi connectivity index (χ2v) is 4.89. The molecule has 0 fully saturated rings. The first-order chi connectivity index (χ1) is 8.54. The number of rotatable bonds is 7. The van der Waals surface area contributed by atoms with Gasteiger partial charge < -0.3 is 15.2 Å². The molecule has 0 aliphatic heterocycles. The van der Waals surface area contributed by atoms with Crippen LogP contribution in [0.5, 0.6) is 5.75 Å². The summed E-state index contributed by atoms with van der Waals surface area (Å²) in [5, 5.41) is 0. The van der Waals surface area contributed by atoms with Gasteiger partial charge in [0.2, 0.25) is 0 Å². The first-order valence-corrected chi connectivity index (χ1v) is 6.64. The van der Waals surface area contributed by atoms with E-state index < -0.39 is 0 Å². The first-order valence-electron chi connectivity index (χ1n) is 6.64. The topological polar surface area (TPSA) is 44.5 Å². The van der Waals surface area contributed by atoms with Gasteiger partial charge in [-0.05, 0) is 37.5 Å². The highest BCUT2D eigenvalue weighted by atomic mass is 16.5. The Hall–Kier alpha value is -1.06. The van der Waals surface area contributed by atoms with E-state index in [1.54, 1.807) is 0 Å². The molecule has 2 N–H and O–H groups in total. The van der Waals surface area contributed by atoms with Crippen molar-refractivity contribution in [2.24, 2.45) is 11.7 Å². The molecule has 3 nitrogen and oxygen atoms in total. The third-order valence-corrected chi connectivity index (χ3v) is 3.10. The fourth-order valence-corrected chi connectivity index (χ4v) is 1.52. The van der Waals surface area contributed by atoms with E-state index >= 15 is 0 Å². The quantitative estimate of drug-likeness (QED) is 0.809. The van der Waals surface area contributed by atoms with E-state index in [0.717, 1.165) is 11.3 Å². The maximum atomic E-state index is 6.10. The van der Waals surface area contributed by atoms with Crippen molar-refractivity contribution >= 4 is 0 Å². The fourth-order valence-electron chi connectivity index (χ4n) is 1.52. The molecule has 1 rings (SSSR count). The van der Waals surface area contributed by atoms with Gasteiger partial charge in [-0.3, -0.25) is 0 Å². The van der Waals surface area contributed by atoms with Gasteiger partial charge in [-0.2, -0.15) is 0 Å². The van der Waals surface area contributed by atoms with E-state index in [1.165, 1.54) is 0 Å². The Kier molecular flexibility index (Phi) is 6.16. The molecule has 0 heterocycles. The summed E-state index contributed by atoms with van der Waals surface area (Å²) in [6.45, 7) is 9.57. The van der Waals surface area contributed by atoms with Crippen LogP contribution in [-0.2, 0) is 4.74 Å². The molecule has 0 aliphatic rings. The molecular weight excluding hydrogens is 226 g/mol. The van der Waals surface area contributed by atoms with Crippen LogP contribution in [0, 0.1) is 5.92 Å². The van der Waals surface area contributed by atoms with E-state index in [-0.39, 0.29) is 12.1 Å². The molecule has 1 aromatic carbocycles. The summed E-state index contributed by atoms with van der Waals surface area (Å²) < 4.78 is 11.1. The summed E-state index contributed by atoms with van der Waals surface area (Å²) in [7, 11) is 0. The predicted molar refractivity (Wildman–Crippen MR) is 74.8 cm³/mol. The van der Waals surface area contributed by atoms with Gasteiger partial charge in [0, 0.05) is 0 Å². The molecule has 0 spiro atoms. The van der Waals surface area contributed by atoms with Crippen molar-refractivity contribution in [1.29, 1.82) is 0 Å². The first kappa shape index (κ1) is 15.0. The van der Waals surface area contributed by atoms with Crippen molar-refractivity contribution in [3.63, 3.8) is 0 Å². The molecule has 102 valence electrons. The minimum atomic E-state index is -0.0816. The summed E-state index contributed by atoms with van der Waals surface area (Å²) in [5.41, 5.74) is 7.18. The van der Waals surface area contributed by atoms with Crippen molar-refractivity contribution in [2.45, 2.75) is 39.8 Å². The van der Waals surface area contributed by atoms with E-state index in [0.29, 0.717) is 19.1 Å². The third kappa shape index (κ3) is 4.67. The molecule has 0 aromatic heterocycles. The van der Waals surface area contributed by atoms with Crippen LogP contribution in [0.25, 0.3) is 0 Å². The highest BCUT2D eigenvalue weighted by Crippen LogP contribution is 2.17. The van der Waals surface area contributed by atoms with E-state index in [2.05, 4.69) is 20.8 Å². The number of ether oxygens (including phenoxy) is 2. The Bertz CT molecular complexity index is 335. The molecule has 0 bridgehead atoms. The second-order valence-electron chi connectivity index (χ2n) is 4.89. The van der Waals surface area contributed by atoms with Crippen LogP contribution < -0.4 is 10.5 Å². The number of hydrogen-bond acceptors (Lipinski definition) is 3. The Morgan fingerprint density at radius 3 is 2.22 bits per heavy atom. The normalized spacial score (nSPS) is 14.6. The smallest absolute Gasteiger partial charge is 0.119 e. The van der Waals surface area contributed by atoms with Gasteiger partial charge in [0.1, 0.15) is 5.75 Å². The summed E-state index contributed by atoms with van der Waals surface area (Å²) in [5.74, 6) is 1.39. The van der Waals surface area contributed by atoms with Gasteiger partial charge in [-0.25, -0.2) is 0 Å². The average Bonchev–Trinajstić information content (AvgIpc) is 2.36. The van der Waals surface area contributed by atoms with E-state index in [9.17, 15) is 0 Å². The van der Waals surface area contributed by atoms with Gasteiger partial charge in [0.05, 0.1) is 25.4 Å². The zero-order valence-electron chi connectivity index (χ0n) is 11.8. The second kappa shape index (κ2) is 7.39. The fraction of sp³-hybridized carbons (Fsp3) is 0.600. The van der Waals surface area contributed by atoms with Gasteiger partial charge in [0.25, 0.3) is 0 Å². The lowest BCUT2D eigenvalue weighted by Gasteiger charge is -2.20. The Morgan fingerprint density at radius 2 is 1.72 bits per heavy atom. The van der Waals surface area contributed by atoms with Gasteiger partial charge in [-0.1, -0.05) is 26.0 Å². The lowest BCUT2D eigenvalue weighted by molar-refractivity contribution is 0.0272. The van der Waals surface area contributed by atoms with Crippen molar-refractivity contribution in [3.05, 3.63) is 29.8 Å². The van der Waals surface area contributed by atoms with E-state index in [1.807, 2.05) is 31.2 Å². The van der Waals surface area contributed by atoms with Crippen molar-refractivity contribution < 1.29 is 9.47 Å². The minimum absolute atomic E-state index is 0.0816. The molecule has 0 saturated carbocycles. The Balaban J connectivity index is 2.48. The highest BCUT2D eigenvalue weighted by Gasteiger charge is 2.11. The maximum Gasteiger partial charge on any atom is 0.119 e. The average molecular weight is 251 g/mol. The zero-order valence-corrected chi connectivity index (χ0v) is 11.8. The van der Waals surface area contributed by atoms with Gasteiger partial charge in [0.15, 0.2) is 0 Å². The van der Waals surface area contributed by atoms with E-state index in [4.69, 9.17) is 15.2 Å². The SMILES string of the molecule is CCOc1ccc(C(N)COC(C)C(C)C)cc1. The van der Waals surface area contributed by atoms with Crippen LogP contribution in [-0.4, -0.2) is 19.3 Å². The lowest BCUT2D eigenvalue weighted by Crippen LogP contribution is -2.23. The molecule has 3 heteroatoms. The largest absolute Gasteiger partial charge is 0.494 e. The molecule has 0 saturated heterocycles. The summed E-state index contributed by atoms with van der Waals surface area (Å²) in [6.07, 6.45) is 0.235. The lowest BCUT2D eigenvalue weighted by atomic mass is 10.1. The van der Waals surface area contributed by atoms with Crippen molar-refractivity contribution in [2.75, 3.05) is 13.2 Å².